The number of benzene rings is 1. The van der Waals surface area contributed by atoms with Gasteiger partial charge in [0.25, 0.3) is 0 Å². The Kier molecular flexibility index (Phi) is 4.86. The molecule has 0 aromatic heterocycles. The highest BCUT2D eigenvalue weighted by molar-refractivity contribution is 7.92. The summed E-state index contributed by atoms with van der Waals surface area (Å²) in [6, 6.07) is 1.70. The topological polar surface area (TPSA) is 100.0 Å². The van der Waals surface area contributed by atoms with Gasteiger partial charge in [0.05, 0.1) is 22.9 Å². The maximum atomic E-state index is 14.2. The number of ketones is 1. The Labute approximate surface area is 149 Å². The predicted molar refractivity (Wildman–Crippen MR) is 93.9 cm³/mol. The molecule has 0 bridgehead atoms. The van der Waals surface area contributed by atoms with Gasteiger partial charge in [0.2, 0.25) is 10.0 Å². The molecular weight excluding hydrogens is 366 g/mol. The van der Waals surface area contributed by atoms with Crippen molar-refractivity contribution in [3.63, 3.8) is 0 Å². The molecule has 0 saturated heterocycles. The maximum Gasteiger partial charge on any atom is 0.232 e. The van der Waals surface area contributed by atoms with E-state index in [1.165, 1.54) is 18.8 Å². The second kappa shape index (κ2) is 6.94. The molecule has 7 nitrogen and oxygen atoms in total. The van der Waals surface area contributed by atoms with E-state index >= 15 is 0 Å². The van der Waals surface area contributed by atoms with Crippen LogP contribution in [0.25, 0.3) is 0 Å². The predicted octanol–water partition coefficient (Wildman–Crippen LogP) is 1.84. The van der Waals surface area contributed by atoms with E-state index in [2.05, 4.69) is 20.0 Å². The van der Waals surface area contributed by atoms with Crippen LogP contribution in [0.15, 0.2) is 33.9 Å². The summed E-state index contributed by atoms with van der Waals surface area (Å²) in [6.07, 6.45) is 4.14. The van der Waals surface area contributed by atoms with Crippen molar-refractivity contribution < 1.29 is 22.0 Å². The molecule has 2 unspecified atom stereocenters. The summed E-state index contributed by atoms with van der Waals surface area (Å²) in [5.41, 5.74) is -0.600. The zero-order valence-corrected chi connectivity index (χ0v) is 14.6. The number of carbonyl (C=O) groups is 1. The normalized spacial score (nSPS) is 21.1. The van der Waals surface area contributed by atoms with E-state index in [1.54, 1.807) is 6.92 Å². The van der Waals surface area contributed by atoms with Crippen LogP contribution in [-0.2, 0) is 10.0 Å². The number of Topliss-reactive ketones (excluding diaryl/α,β-unsaturated/α-hetero) is 1. The Bertz CT molecular complexity index is 941. The number of hydrogen-bond acceptors (Lipinski definition) is 6. The summed E-state index contributed by atoms with van der Waals surface area (Å²) in [5.74, 6) is -4.10. The summed E-state index contributed by atoms with van der Waals surface area (Å²) in [7, 11) is -3.71. The van der Waals surface area contributed by atoms with E-state index in [4.69, 9.17) is 0 Å². The molecule has 2 aliphatic heterocycles. The summed E-state index contributed by atoms with van der Waals surface area (Å²) >= 11 is 0. The first kappa shape index (κ1) is 18.2. The van der Waals surface area contributed by atoms with Crippen LogP contribution in [0.1, 0.15) is 23.7 Å². The number of aliphatic imine (C=N–C) groups is 2. The number of halogens is 2. The molecule has 2 atom stereocenters. The van der Waals surface area contributed by atoms with Gasteiger partial charge in [-0.05, 0) is 12.5 Å². The van der Waals surface area contributed by atoms with Crippen molar-refractivity contribution in [3.05, 3.63) is 41.1 Å². The second-order valence-corrected chi connectivity index (χ2v) is 7.71. The molecule has 10 heteroatoms. The summed E-state index contributed by atoms with van der Waals surface area (Å²) < 4.78 is 54.0. The van der Waals surface area contributed by atoms with E-state index in [9.17, 15) is 22.0 Å². The molecule has 0 aliphatic carbocycles. The minimum absolute atomic E-state index is 0.169. The minimum atomic E-state index is -3.71. The van der Waals surface area contributed by atoms with Crippen molar-refractivity contribution in [1.29, 1.82) is 0 Å². The van der Waals surface area contributed by atoms with E-state index in [1.807, 2.05) is 0 Å². The summed E-state index contributed by atoms with van der Waals surface area (Å²) in [4.78, 5) is 20.6. The van der Waals surface area contributed by atoms with Gasteiger partial charge in [0, 0.05) is 24.1 Å². The molecule has 3 rings (SSSR count). The van der Waals surface area contributed by atoms with Crippen LogP contribution in [0, 0.1) is 17.6 Å². The second-order valence-electron chi connectivity index (χ2n) is 5.87. The molecule has 2 N–H and O–H groups in total. The molecule has 0 fully saturated rings. The largest absolute Gasteiger partial charge is 0.369 e. The highest BCUT2D eigenvalue weighted by atomic mass is 32.2. The number of rotatable bonds is 6. The Morgan fingerprint density at radius 1 is 1.35 bits per heavy atom. The molecule has 2 heterocycles. The fourth-order valence-electron chi connectivity index (χ4n) is 2.77. The smallest absolute Gasteiger partial charge is 0.232 e. The van der Waals surface area contributed by atoms with Gasteiger partial charge in [0.1, 0.15) is 12.5 Å². The lowest BCUT2D eigenvalue weighted by Gasteiger charge is -2.17. The molecule has 0 spiro atoms. The lowest BCUT2D eigenvalue weighted by Crippen LogP contribution is -2.30. The molecule has 1 aromatic rings. The number of fused-ring (bicyclic) bond motifs is 1. The first-order valence-corrected chi connectivity index (χ1v) is 9.53. The number of nitrogens with zero attached hydrogens (tertiary/aromatic N) is 2. The first-order valence-electron chi connectivity index (χ1n) is 7.87. The first-order chi connectivity index (χ1) is 12.3. The SMILES string of the molecule is CCCS(=O)(=O)Nc1cc(F)c(F)c(C(=O)C2=CNC3N=CN=CC23)c1. The fraction of sp³-hybridized carbons (Fsp3) is 0.312. The highest BCUT2D eigenvalue weighted by Crippen LogP contribution is 2.29. The molecule has 1 aromatic carbocycles. The maximum absolute atomic E-state index is 14.2. The van der Waals surface area contributed by atoms with Gasteiger partial charge in [-0.2, -0.15) is 0 Å². The Balaban J connectivity index is 1.93. The molecule has 26 heavy (non-hydrogen) atoms. The minimum Gasteiger partial charge on any atom is -0.369 e. The van der Waals surface area contributed by atoms with Gasteiger partial charge < -0.3 is 5.32 Å². The monoisotopic (exact) mass is 382 g/mol. The quantitative estimate of drug-likeness (QED) is 0.733. The van der Waals surface area contributed by atoms with Gasteiger partial charge in [-0.25, -0.2) is 27.2 Å². The van der Waals surface area contributed by atoms with E-state index in [-0.39, 0.29) is 17.0 Å². The number of carbonyl (C=O) groups excluding carboxylic acids is 1. The number of anilines is 1. The average Bonchev–Trinajstić information content (AvgIpc) is 3.01. The molecular formula is C16H16F2N4O3S. The molecule has 138 valence electrons. The molecule has 0 saturated carbocycles. The zero-order chi connectivity index (χ0) is 18.9. The van der Waals surface area contributed by atoms with Gasteiger partial charge in [-0.3, -0.25) is 9.52 Å². The standard InChI is InChI=1S/C16H16F2N4O3S/c1-2-3-26(24,25)22-9-4-10(14(18)13(17)5-9)15(23)11-7-20-16-12(11)6-19-8-21-16/h4-8,12,16,20,22H,2-3H2,1H3. The number of hydrogen-bond donors (Lipinski definition) is 2. The van der Waals surface area contributed by atoms with E-state index < -0.39 is 45.1 Å². The lowest BCUT2D eigenvalue weighted by molar-refractivity contribution is 0.102. The third kappa shape index (κ3) is 3.50. The molecule has 0 radical (unpaired) electrons. The Morgan fingerprint density at radius 3 is 2.85 bits per heavy atom. The fourth-order valence-corrected chi connectivity index (χ4v) is 3.89. The van der Waals surface area contributed by atoms with Crippen LogP contribution < -0.4 is 10.0 Å². The lowest BCUT2D eigenvalue weighted by atomic mass is 9.92. The third-order valence-corrected chi connectivity index (χ3v) is 5.42. The Morgan fingerprint density at radius 2 is 2.12 bits per heavy atom. The van der Waals surface area contributed by atoms with Crippen molar-refractivity contribution in [1.82, 2.24) is 5.32 Å². The number of nitrogens with one attached hydrogen (secondary N) is 2. The van der Waals surface area contributed by atoms with Crippen LogP contribution in [0.5, 0.6) is 0 Å². The number of sulfonamides is 1. The summed E-state index contributed by atoms with van der Waals surface area (Å²) in [5, 5.41) is 2.86. The van der Waals surface area contributed by atoms with Gasteiger partial charge in [-0.1, -0.05) is 6.92 Å². The molecule has 2 aliphatic rings. The van der Waals surface area contributed by atoms with E-state index in [0.717, 1.165) is 6.07 Å². The summed E-state index contributed by atoms with van der Waals surface area (Å²) in [6.45, 7) is 1.67. The van der Waals surface area contributed by atoms with Crippen LogP contribution in [-0.4, -0.2) is 38.7 Å². The molecule has 0 amide bonds. The van der Waals surface area contributed by atoms with Crippen LogP contribution >= 0.6 is 0 Å². The highest BCUT2D eigenvalue weighted by Gasteiger charge is 2.35. The van der Waals surface area contributed by atoms with Crippen molar-refractivity contribution >= 4 is 34.0 Å². The van der Waals surface area contributed by atoms with Crippen molar-refractivity contribution in [2.24, 2.45) is 15.9 Å². The van der Waals surface area contributed by atoms with Crippen molar-refractivity contribution in [2.75, 3.05) is 10.5 Å². The van der Waals surface area contributed by atoms with E-state index in [0.29, 0.717) is 12.5 Å². The average molecular weight is 382 g/mol. The van der Waals surface area contributed by atoms with Gasteiger partial charge in [0.15, 0.2) is 17.4 Å². The van der Waals surface area contributed by atoms with Crippen LogP contribution in [0.4, 0.5) is 14.5 Å². The van der Waals surface area contributed by atoms with Crippen molar-refractivity contribution in [3.8, 4) is 0 Å². The third-order valence-electron chi connectivity index (χ3n) is 3.93. The van der Waals surface area contributed by atoms with Crippen LogP contribution in [0.2, 0.25) is 0 Å². The van der Waals surface area contributed by atoms with Crippen LogP contribution in [0.3, 0.4) is 0 Å². The van der Waals surface area contributed by atoms with Gasteiger partial charge in [-0.15, -0.1) is 0 Å². The van der Waals surface area contributed by atoms with Crippen molar-refractivity contribution in [2.45, 2.75) is 19.5 Å². The Hall–Kier alpha value is -2.62. The zero-order valence-electron chi connectivity index (χ0n) is 13.7. The van der Waals surface area contributed by atoms with Gasteiger partial charge >= 0.3 is 0 Å².